The summed E-state index contributed by atoms with van der Waals surface area (Å²) in [5.74, 6) is 0. The normalized spacial score (nSPS) is 10.6. The molecule has 0 N–H and O–H groups in total. The van der Waals surface area contributed by atoms with Crippen LogP contribution in [-0.4, -0.2) is 15.0 Å². The molecule has 0 aliphatic heterocycles. The third-order valence-corrected chi connectivity index (χ3v) is 3.62. The Balaban J connectivity index is 2.13. The lowest BCUT2D eigenvalue weighted by Gasteiger charge is -2.09. The van der Waals surface area contributed by atoms with Gasteiger partial charge in [-0.2, -0.15) is 0 Å². The van der Waals surface area contributed by atoms with E-state index < -0.39 is 0 Å². The average Bonchev–Trinajstić information content (AvgIpc) is 2.50. The summed E-state index contributed by atoms with van der Waals surface area (Å²) in [6.45, 7) is 6.19. The summed E-state index contributed by atoms with van der Waals surface area (Å²) in [4.78, 5) is 13.2. The largest absolute Gasteiger partial charge is 0.261 e. The van der Waals surface area contributed by atoms with Crippen molar-refractivity contribution in [2.24, 2.45) is 0 Å². The maximum Gasteiger partial charge on any atom is 0.116 e. The molecule has 104 valence electrons. The monoisotopic (exact) mass is 275 g/mol. The Morgan fingerprint density at radius 2 is 1.52 bits per heavy atom. The number of nitrogens with zero attached hydrogens (tertiary/aromatic N) is 3. The summed E-state index contributed by atoms with van der Waals surface area (Å²) in [6.07, 6.45) is 3.42. The van der Waals surface area contributed by atoms with Crippen molar-refractivity contribution in [3.63, 3.8) is 0 Å². The zero-order chi connectivity index (χ0) is 14.8. The molecule has 3 rings (SSSR count). The van der Waals surface area contributed by atoms with Crippen LogP contribution in [0.1, 0.15) is 16.8 Å². The molecule has 2 heterocycles. The lowest BCUT2D eigenvalue weighted by Crippen LogP contribution is -1.94. The van der Waals surface area contributed by atoms with E-state index in [0.29, 0.717) is 0 Å². The molecule has 2 aromatic heterocycles. The molecule has 0 aliphatic rings. The van der Waals surface area contributed by atoms with Crippen LogP contribution in [0.15, 0.2) is 48.9 Å². The predicted octanol–water partition coefficient (Wildman–Crippen LogP) is 4.13. The van der Waals surface area contributed by atoms with Gasteiger partial charge in [0, 0.05) is 23.0 Å². The molecule has 0 bridgehead atoms. The summed E-state index contributed by atoms with van der Waals surface area (Å²) in [5.41, 5.74) is 7.48. The molecule has 0 atom stereocenters. The third kappa shape index (κ3) is 2.68. The topological polar surface area (TPSA) is 38.7 Å². The molecular weight excluding hydrogens is 258 g/mol. The number of hydrogen-bond donors (Lipinski definition) is 0. The Morgan fingerprint density at radius 3 is 2.29 bits per heavy atom. The minimum absolute atomic E-state index is 0.909. The number of pyridine rings is 1. The van der Waals surface area contributed by atoms with Crippen molar-refractivity contribution < 1.29 is 0 Å². The Kier molecular flexibility index (Phi) is 3.48. The fraction of sp³-hybridized carbons (Fsp3) is 0.167. The van der Waals surface area contributed by atoms with Crippen molar-refractivity contribution in [1.29, 1.82) is 0 Å². The highest BCUT2D eigenvalue weighted by molar-refractivity contribution is 5.70. The van der Waals surface area contributed by atoms with Gasteiger partial charge in [-0.25, -0.2) is 9.97 Å². The number of rotatable bonds is 2. The zero-order valence-electron chi connectivity index (χ0n) is 12.5. The summed E-state index contributed by atoms with van der Waals surface area (Å²) in [6, 6.07) is 12.4. The van der Waals surface area contributed by atoms with Gasteiger partial charge in [-0.1, -0.05) is 17.7 Å². The van der Waals surface area contributed by atoms with Gasteiger partial charge in [0.25, 0.3) is 0 Å². The van der Waals surface area contributed by atoms with Crippen LogP contribution in [-0.2, 0) is 0 Å². The van der Waals surface area contributed by atoms with Crippen LogP contribution in [0.2, 0.25) is 0 Å². The second-order valence-corrected chi connectivity index (χ2v) is 5.24. The fourth-order valence-corrected chi connectivity index (χ4v) is 2.42. The van der Waals surface area contributed by atoms with E-state index in [-0.39, 0.29) is 0 Å². The highest BCUT2D eigenvalue weighted by Gasteiger charge is 2.08. The van der Waals surface area contributed by atoms with Crippen molar-refractivity contribution >= 4 is 0 Å². The summed E-state index contributed by atoms with van der Waals surface area (Å²) < 4.78 is 0. The molecule has 3 aromatic rings. The van der Waals surface area contributed by atoms with Gasteiger partial charge in [-0.15, -0.1) is 0 Å². The Hall–Kier alpha value is -2.55. The Morgan fingerprint density at radius 1 is 0.762 bits per heavy atom. The first kappa shape index (κ1) is 13.4. The van der Waals surface area contributed by atoms with Crippen LogP contribution in [0.3, 0.4) is 0 Å². The van der Waals surface area contributed by atoms with Crippen LogP contribution in [0.4, 0.5) is 0 Å². The molecule has 0 unspecified atom stereocenters. The fourth-order valence-electron chi connectivity index (χ4n) is 2.42. The molecule has 1 aromatic carbocycles. The summed E-state index contributed by atoms with van der Waals surface area (Å²) in [5, 5.41) is 0. The number of hydrogen-bond acceptors (Lipinski definition) is 3. The highest BCUT2D eigenvalue weighted by Crippen LogP contribution is 2.26. The molecule has 0 saturated heterocycles. The lowest BCUT2D eigenvalue weighted by molar-refractivity contribution is 1.14. The molecule has 0 amide bonds. The van der Waals surface area contributed by atoms with Gasteiger partial charge in [0.2, 0.25) is 0 Å². The van der Waals surface area contributed by atoms with E-state index in [4.69, 9.17) is 0 Å². The van der Waals surface area contributed by atoms with Crippen molar-refractivity contribution in [2.45, 2.75) is 20.8 Å². The van der Waals surface area contributed by atoms with Crippen molar-refractivity contribution in [3.8, 4) is 22.5 Å². The van der Waals surface area contributed by atoms with Crippen molar-refractivity contribution in [1.82, 2.24) is 15.0 Å². The van der Waals surface area contributed by atoms with Gasteiger partial charge in [0.1, 0.15) is 6.33 Å². The molecule has 0 radical (unpaired) electrons. The Bertz CT molecular complexity index is 794. The van der Waals surface area contributed by atoms with Gasteiger partial charge in [-0.3, -0.25) is 4.98 Å². The zero-order valence-corrected chi connectivity index (χ0v) is 12.5. The standard InChI is InChI=1S/C18H17N3/c1-12-6-7-13(2)16(9-12)18-10-17(20-11-21-18)15-5-4-8-19-14(15)3/h4-11H,1-3H3. The smallest absolute Gasteiger partial charge is 0.116 e. The first-order valence-corrected chi connectivity index (χ1v) is 6.97. The van der Waals surface area contributed by atoms with Crippen LogP contribution in [0.5, 0.6) is 0 Å². The van der Waals surface area contributed by atoms with Gasteiger partial charge in [0.15, 0.2) is 0 Å². The van der Waals surface area contributed by atoms with E-state index >= 15 is 0 Å². The maximum absolute atomic E-state index is 4.44. The first-order valence-electron chi connectivity index (χ1n) is 6.97. The predicted molar refractivity (Wildman–Crippen MR) is 84.9 cm³/mol. The quantitative estimate of drug-likeness (QED) is 0.705. The summed E-state index contributed by atoms with van der Waals surface area (Å²) in [7, 11) is 0. The van der Waals surface area contributed by atoms with E-state index in [1.54, 1.807) is 12.5 Å². The van der Waals surface area contributed by atoms with Gasteiger partial charge in [0.05, 0.1) is 11.4 Å². The number of aromatic nitrogens is 3. The first-order chi connectivity index (χ1) is 10.1. The van der Waals surface area contributed by atoms with Crippen molar-refractivity contribution in [3.05, 3.63) is 65.7 Å². The number of benzene rings is 1. The molecule has 0 spiro atoms. The van der Waals surface area contributed by atoms with Crippen LogP contribution in [0, 0.1) is 20.8 Å². The maximum atomic E-state index is 4.44. The highest BCUT2D eigenvalue weighted by atomic mass is 14.8. The minimum atomic E-state index is 0.909. The second kappa shape index (κ2) is 5.44. The molecule has 21 heavy (non-hydrogen) atoms. The third-order valence-electron chi connectivity index (χ3n) is 3.62. The molecule has 3 heteroatoms. The van der Waals surface area contributed by atoms with Gasteiger partial charge >= 0.3 is 0 Å². The van der Waals surface area contributed by atoms with Gasteiger partial charge in [-0.05, 0) is 50.6 Å². The van der Waals surface area contributed by atoms with Crippen LogP contribution in [0.25, 0.3) is 22.5 Å². The molecule has 0 aliphatic carbocycles. The minimum Gasteiger partial charge on any atom is -0.261 e. The lowest BCUT2D eigenvalue weighted by atomic mass is 10.0. The van der Waals surface area contributed by atoms with E-state index in [2.05, 4.69) is 47.0 Å². The Labute approximate surface area is 124 Å². The van der Waals surface area contributed by atoms with E-state index in [1.165, 1.54) is 11.1 Å². The number of aryl methyl sites for hydroxylation is 3. The molecule has 0 saturated carbocycles. The second-order valence-electron chi connectivity index (χ2n) is 5.24. The van der Waals surface area contributed by atoms with Crippen molar-refractivity contribution in [2.75, 3.05) is 0 Å². The van der Waals surface area contributed by atoms with E-state index in [1.807, 2.05) is 25.1 Å². The molecule has 3 nitrogen and oxygen atoms in total. The molecule has 0 fully saturated rings. The SMILES string of the molecule is Cc1ccc(C)c(-c2cc(-c3cccnc3C)ncn2)c1. The summed E-state index contributed by atoms with van der Waals surface area (Å²) >= 11 is 0. The molecular formula is C18H17N3. The van der Waals surface area contributed by atoms with Gasteiger partial charge < -0.3 is 0 Å². The van der Waals surface area contributed by atoms with Crippen LogP contribution >= 0.6 is 0 Å². The van der Waals surface area contributed by atoms with Crippen LogP contribution < -0.4 is 0 Å². The average molecular weight is 275 g/mol. The van der Waals surface area contributed by atoms with E-state index in [9.17, 15) is 0 Å². The van der Waals surface area contributed by atoms with E-state index in [0.717, 1.165) is 28.2 Å².